The van der Waals surface area contributed by atoms with Crippen molar-refractivity contribution in [1.29, 1.82) is 0 Å². The molecule has 0 unspecified atom stereocenters. The van der Waals surface area contributed by atoms with E-state index < -0.39 is 14.9 Å². The minimum Gasteiger partial charge on any atom is -0.329 e. The number of hydrogen-bond donors (Lipinski definition) is 1. The van der Waals surface area contributed by atoms with E-state index in [2.05, 4.69) is 0 Å². The first-order chi connectivity index (χ1) is 11.8. The third kappa shape index (κ3) is 4.22. The lowest BCUT2D eigenvalue weighted by atomic mass is 10.1. The molecular weight excluding hydrogens is 342 g/mol. The van der Waals surface area contributed by atoms with Crippen molar-refractivity contribution >= 4 is 15.7 Å². The highest BCUT2D eigenvalue weighted by Crippen LogP contribution is 2.28. The number of sulfonamides is 1. The van der Waals surface area contributed by atoms with Gasteiger partial charge in [-0.25, -0.2) is 8.42 Å². The molecule has 2 N–H and O–H groups in total. The summed E-state index contributed by atoms with van der Waals surface area (Å²) in [6.07, 6.45) is 0. The van der Waals surface area contributed by atoms with E-state index in [0.717, 1.165) is 11.6 Å². The van der Waals surface area contributed by atoms with Gasteiger partial charge in [0.1, 0.15) is 0 Å². The Labute approximate surface area is 147 Å². The van der Waals surface area contributed by atoms with Crippen LogP contribution in [0.4, 0.5) is 5.69 Å². The molecule has 2 rings (SSSR count). The molecule has 0 aliphatic heterocycles. The van der Waals surface area contributed by atoms with Gasteiger partial charge in [0, 0.05) is 31.8 Å². The van der Waals surface area contributed by atoms with Gasteiger partial charge in [0.25, 0.3) is 5.69 Å². The summed E-state index contributed by atoms with van der Waals surface area (Å²) in [4.78, 5) is 10.5. The van der Waals surface area contributed by atoms with Gasteiger partial charge in [-0.1, -0.05) is 30.3 Å². The summed E-state index contributed by atoms with van der Waals surface area (Å²) < 4.78 is 27.5. The number of nitrogens with two attached hydrogens (primary N) is 1. The summed E-state index contributed by atoms with van der Waals surface area (Å²) in [7, 11) is -3.92. The number of rotatable bonds is 7. The second-order valence-electron chi connectivity index (χ2n) is 5.76. The van der Waals surface area contributed by atoms with Crippen molar-refractivity contribution in [2.24, 2.45) is 5.73 Å². The fourth-order valence-corrected chi connectivity index (χ4v) is 4.30. The molecule has 0 spiro atoms. The van der Waals surface area contributed by atoms with Crippen molar-refractivity contribution in [2.75, 3.05) is 13.1 Å². The molecule has 0 bridgehead atoms. The second kappa shape index (κ2) is 7.73. The van der Waals surface area contributed by atoms with Gasteiger partial charge in [0.15, 0.2) is 0 Å². The molecule has 134 valence electrons. The molecule has 0 aliphatic carbocycles. The van der Waals surface area contributed by atoms with Crippen molar-refractivity contribution in [3.05, 3.63) is 69.3 Å². The Morgan fingerprint density at radius 2 is 1.80 bits per heavy atom. The first-order valence-corrected chi connectivity index (χ1v) is 9.21. The third-order valence-electron chi connectivity index (χ3n) is 4.01. The lowest BCUT2D eigenvalue weighted by molar-refractivity contribution is -0.385. The molecule has 0 saturated carbocycles. The average Bonchev–Trinajstić information content (AvgIpc) is 2.57. The van der Waals surface area contributed by atoms with E-state index in [1.807, 2.05) is 30.3 Å². The number of nitrogens with zero attached hydrogens (tertiary/aromatic N) is 2. The summed E-state index contributed by atoms with van der Waals surface area (Å²) in [5, 5.41) is 11.1. The Bertz CT molecular complexity index is 867. The van der Waals surface area contributed by atoms with E-state index in [9.17, 15) is 18.5 Å². The maximum atomic E-state index is 13.1. The molecule has 25 heavy (non-hydrogen) atoms. The highest BCUT2D eigenvalue weighted by atomic mass is 32.2. The molecule has 0 fully saturated rings. The Morgan fingerprint density at radius 1 is 1.16 bits per heavy atom. The maximum Gasteiger partial charge on any atom is 0.271 e. The zero-order chi connectivity index (χ0) is 18.6. The molecule has 0 aromatic heterocycles. The SMILES string of the molecule is Cc1cc([N+](=O)[O-])cc(S(=O)(=O)N(CCN)Cc2ccccc2)c1C. The predicted octanol–water partition coefficient (Wildman–Crippen LogP) is 2.36. The largest absolute Gasteiger partial charge is 0.329 e. The maximum absolute atomic E-state index is 13.1. The number of hydrogen-bond acceptors (Lipinski definition) is 5. The second-order valence-corrected chi connectivity index (χ2v) is 7.66. The van der Waals surface area contributed by atoms with Crippen LogP contribution in [0.5, 0.6) is 0 Å². The smallest absolute Gasteiger partial charge is 0.271 e. The van der Waals surface area contributed by atoms with E-state index in [1.165, 1.54) is 10.4 Å². The Hall–Kier alpha value is -2.29. The van der Waals surface area contributed by atoms with Crippen molar-refractivity contribution < 1.29 is 13.3 Å². The minimum absolute atomic E-state index is 0.0522. The molecule has 0 radical (unpaired) electrons. The molecule has 0 saturated heterocycles. The van der Waals surface area contributed by atoms with E-state index in [0.29, 0.717) is 11.1 Å². The highest BCUT2D eigenvalue weighted by molar-refractivity contribution is 7.89. The van der Waals surface area contributed by atoms with Crippen LogP contribution < -0.4 is 5.73 Å². The van der Waals surface area contributed by atoms with Crippen LogP contribution in [-0.4, -0.2) is 30.7 Å². The molecular formula is C17H21N3O4S. The number of non-ortho nitro benzene ring substituents is 1. The number of nitro benzene ring substituents is 1. The molecule has 7 nitrogen and oxygen atoms in total. The van der Waals surface area contributed by atoms with Gasteiger partial charge in [-0.15, -0.1) is 0 Å². The normalized spacial score (nSPS) is 11.7. The summed E-state index contributed by atoms with van der Waals surface area (Å²) in [5.41, 5.74) is 7.22. The zero-order valence-corrected chi connectivity index (χ0v) is 15.0. The molecule has 2 aromatic rings. The van der Waals surface area contributed by atoms with Gasteiger partial charge < -0.3 is 5.73 Å². The van der Waals surface area contributed by atoms with Crippen LogP contribution in [0.15, 0.2) is 47.4 Å². The third-order valence-corrected chi connectivity index (χ3v) is 5.98. The van der Waals surface area contributed by atoms with Crippen molar-refractivity contribution in [3.8, 4) is 0 Å². The van der Waals surface area contributed by atoms with Crippen LogP contribution in [0.2, 0.25) is 0 Å². The Kier molecular flexibility index (Phi) is 5.89. The van der Waals surface area contributed by atoms with Crippen molar-refractivity contribution in [3.63, 3.8) is 0 Å². The van der Waals surface area contributed by atoms with Crippen LogP contribution in [0.25, 0.3) is 0 Å². The van der Waals surface area contributed by atoms with Crippen LogP contribution in [0.3, 0.4) is 0 Å². The van der Waals surface area contributed by atoms with E-state index in [1.54, 1.807) is 13.8 Å². The first kappa shape index (κ1) is 19.0. The van der Waals surface area contributed by atoms with Crippen LogP contribution in [0, 0.1) is 24.0 Å². The predicted molar refractivity (Wildman–Crippen MR) is 95.7 cm³/mol. The minimum atomic E-state index is -3.92. The van der Waals surface area contributed by atoms with E-state index in [4.69, 9.17) is 5.73 Å². The fourth-order valence-electron chi connectivity index (χ4n) is 2.54. The van der Waals surface area contributed by atoms with Gasteiger partial charge in [0.2, 0.25) is 10.0 Å². The zero-order valence-electron chi connectivity index (χ0n) is 14.2. The quantitative estimate of drug-likeness (QED) is 0.600. The molecule has 0 aliphatic rings. The number of nitro groups is 1. The van der Waals surface area contributed by atoms with Crippen LogP contribution in [0.1, 0.15) is 16.7 Å². The Balaban J connectivity index is 2.51. The molecule has 8 heteroatoms. The summed E-state index contributed by atoms with van der Waals surface area (Å²) in [5.74, 6) is 0. The Morgan fingerprint density at radius 3 is 2.36 bits per heavy atom. The van der Waals surface area contributed by atoms with Crippen LogP contribution in [-0.2, 0) is 16.6 Å². The summed E-state index contributed by atoms with van der Waals surface area (Å²) in [6, 6.07) is 11.6. The van der Waals surface area contributed by atoms with Gasteiger partial charge in [-0.2, -0.15) is 4.31 Å². The monoisotopic (exact) mass is 363 g/mol. The van der Waals surface area contributed by atoms with Crippen molar-refractivity contribution in [1.82, 2.24) is 4.31 Å². The van der Waals surface area contributed by atoms with Gasteiger partial charge in [-0.05, 0) is 30.5 Å². The van der Waals surface area contributed by atoms with Crippen molar-refractivity contribution in [2.45, 2.75) is 25.3 Å². The fraction of sp³-hybridized carbons (Fsp3) is 0.294. The summed E-state index contributed by atoms with van der Waals surface area (Å²) in [6.45, 7) is 3.74. The van der Waals surface area contributed by atoms with Gasteiger partial charge in [-0.3, -0.25) is 10.1 Å². The summed E-state index contributed by atoms with van der Waals surface area (Å²) >= 11 is 0. The topological polar surface area (TPSA) is 107 Å². The van der Waals surface area contributed by atoms with E-state index >= 15 is 0 Å². The number of benzene rings is 2. The molecule has 0 heterocycles. The highest BCUT2D eigenvalue weighted by Gasteiger charge is 2.28. The van der Waals surface area contributed by atoms with E-state index in [-0.39, 0.29) is 30.2 Å². The van der Waals surface area contributed by atoms with Crippen LogP contribution >= 0.6 is 0 Å². The molecule has 2 aromatic carbocycles. The average molecular weight is 363 g/mol. The molecule has 0 amide bonds. The molecule has 0 atom stereocenters. The lowest BCUT2D eigenvalue weighted by Gasteiger charge is -2.23. The first-order valence-electron chi connectivity index (χ1n) is 7.77. The van der Waals surface area contributed by atoms with Gasteiger partial charge >= 0.3 is 0 Å². The lowest BCUT2D eigenvalue weighted by Crippen LogP contribution is -2.35. The number of aryl methyl sites for hydroxylation is 1. The standard InChI is InChI=1S/C17H21N3O4S/c1-13-10-16(20(21)22)11-17(14(13)2)25(23,24)19(9-8-18)12-15-6-4-3-5-7-15/h3-7,10-11H,8-9,12,18H2,1-2H3. The van der Waals surface area contributed by atoms with Gasteiger partial charge in [0.05, 0.1) is 9.82 Å².